The summed E-state index contributed by atoms with van der Waals surface area (Å²) in [6.07, 6.45) is 8.54. The Kier molecular flexibility index (Phi) is 3.94. The zero-order valence-electron chi connectivity index (χ0n) is 15.6. The number of rotatable bonds is 0. The summed E-state index contributed by atoms with van der Waals surface area (Å²) in [5.74, 6) is 1.91. The van der Waals surface area contributed by atoms with Gasteiger partial charge in [-0.1, -0.05) is 66.5 Å². The molecule has 0 radical (unpaired) electrons. The summed E-state index contributed by atoms with van der Waals surface area (Å²) in [4.78, 5) is 0. The average Bonchev–Trinajstić information content (AvgIpc) is 2.41. The van der Waals surface area contributed by atoms with Crippen molar-refractivity contribution in [3.05, 3.63) is 34.4 Å². The first-order valence-corrected chi connectivity index (χ1v) is 9.33. The van der Waals surface area contributed by atoms with Crippen molar-refractivity contribution in [3.8, 4) is 0 Å². The Hall–Kier alpha value is -0.780. The molecule has 1 aromatic carbocycles. The molecule has 22 heavy (non-hydrogen) atoms. The molecule has 0 amide bonds. The van der Waals surface area contributed by atoms with Gasteiger partial charge in [0.25, 0.3) is 0 Å². The van der Waals surface area contributed by atoms with Crippen LogP contribution in [0.25, 0.3) is 0 Å². The fourth-order valence-electron chi connectivity index (χ4n) is 4.91. The Labute approximate surface area is 137 Å². The fourth-order valence-corrected chi connectivity index (χ4v) is 4.91. The van der Waals surface area contributed by atoms with Crippen molar-refractivity contribution in [1.82, 2.24) is 0 Å². The first-order valence-electron chi connectivity index (χ1n) is 9.33. The van der Waals surface area contributed by atoms with Crippen molar-refractivity contribution >= 4 is 0 Å². The van der Waals surface area contributed by atoms with Crippen LogP contribution in [0.2, 0.25) is 0 Å². The third-order valence-corrected chi connectivity index (χ3v) is 6.05. The summed E-state index contributed by atoms with van der Waals surface area (Å²) in [5.41, 5.74) is 7.20. The highest BCUT2D eigenvalue weighted by atomic mass is 14.4. The van der Waals surface area contributed by atoms with Gasteiger partial charge in [0.1, 0.15) is 0 Å². The van der Waals surface area contributed by atoms with Crippen LogP contribution in [0.1, 0.15) is 89.5 Å². The van der Waals surface area contributed by atoms with Gasteiger partial charge in [0, 0.05) is 0 Å². The van der Waals surface area contributed by atoms with E-state index in [4.69, 9.17) is 0 Å². The van der Waals surface area contributed by atoms with E-state index in [9.17, 15) is 0 Å². The summed E-state index contributed by atoms with van der Waals surface area (Å²) in [6, 6.07) is 4.89. The molecule has 0 heteroatoms. The minimum Gasteiger partial charge on any atom is -0.0579 e. The lowest BCUT2D eigenvalue weighted by atomic mass is 9.64. The molecule has 0 nitrogen and oxygen atoms in total. The third-order valence-electron chi connectivity index (χ3n) is 6.05. The van der Waals surface area contributed by atoms with E-state index < -0.39 is 0 Å². The van der Waals surface area contributed by atoms with Crippen LogP contribution < -0.4 is 0 Å². The van der Waals surface area contributed by atoms with Gasteiger partial charge in [-0.15, -0.1) is 0 Å². The molecule has 2 unspecified atom stereocenters. The summed E-state index contributed by atoms with van der Waals surface area (Å²) in [6.45, 7) is 14.3. The van der Waals surface area contributed by atoms with Gasteiger partial charge in [-0.3, -0.25) is 0 Å². The Morgan fingerprint density at radius 1 is 0.682 bits per heavy atom. The van der Waals surface area contributed by atoms with Crippen molar-refractivity contribution in [3.63, 3.8) is 0 Å². The van der Waals surface area contributed by atoms with Crippen LogP contribution in [-0.2, 0) is 23.7 Å². The molecular weight excluding hydrogens is 264 g/mol. The summed E-state index contributed by atoms with van der Waals surface area (Å²) >= 11 is 0. The van der Waals surface area contributed by atoms with E-state index in [2.05, 4.69) is 53.7 Å². The second-order valence-corrected chi connectivity index (χ2v) is 9.83. The first-order chi connectivity index (χ1) is 10.2. The van der Waals surface area contributed by atoms with Gasteiger partial charge in [-0.05, 0) is 70.6 Å². The maximum Gasteiger partial charge on any atom is -0.0129 e. The van der Waals surface area contributed by atoms with Crippen LogP contribution in [0.3, 0.4) is 0 Å². The lowest BCUT2D eigenvalue weighted by Crippen LogP contribution is -2.33. The number of benzene rings is 1. The fraction of sp³-hybridized carbons (Fsp3) is 0.727. The molecule has 1 aromatic rings. The first kappa shape index (κ1) is 16.1. The van der Waals surface area contributed by atoms with Crippen molar-refractivity contribution < 1.29 is 0 Å². The van der Waals surface area contributed by atoms with Crippen molar-refractivity contribution in [1.29, 1.82) is 0 Å². The molecule has 0 heterocycles. The van der Waals surface area contributed by atoms with E-state index >= 15 is 0 Å². The SMILES string of the molecule is CC(C)(C)c1ccc(C(C)(C)C)c2c1CC1CCCCC1C2. The summed E-state index contributed by atoms with van der Waals surface area (Å²) in [5, 5.41) is 0. The summed E-state index contributed by atoms with van der Waals surface area (Å²) < 4.78 is 0. The highest BCUT2D eigenvalue weighted by Crippen LogP contribution is 2.45. The van der Waals surface area contributed by atoms with Crippen LogP contribution in [0, 0.1) is 11.8 Å². The minimum absolute atomic E-state index is 0.266. The van der Waals surface area contributed by atoms with Gasteiger partial charge in [-0.2, -0.15) is 0 Å². The maximum atomic E-state index is 2.45. The van der Waals surface area contributed by atoms with E-state index in [-0.39, 0.29) is 10.8 Å². The lowest BCUT2D eigenvalue weighted by molar-refractivity contribution is 0.218. The molecule has 1 fully saturated rings. The van der Waals surface area contributed by atoms with Gasteiger partial charge in [0.15, 0.2) is 0 Å². The molecule has 1 saturated carbocycles. The van der Waals surface area contributed by atoms with E-state index in [1.54, 1.807) is 22.3 Å². The van der Waals surface area contributed by atoms with Gasteiger partial charge < -0.3 is 0 Å². The smallest absolute Gasteiger partial charge is 0.0129 e. The largest absolute Gasteiger partial charge is 0.0579 e. The molecule has 0 bridgehead atoms. The Balaban J connectivity index is 2.14. The van der Waals surface area contributed by atoms with E-state index in [0.717, 1.165) is 11.8 Å². The molecule has 2 atom stereocenters. The van der Waals surface area contributed by atoms with Gasteiger partial charge in [-0.25, -0.2) is 0 Å². The number of fused-ring (bicyclic) bond motifs is 2. The van der Waals surface area contributed by atoms with Crippen molar-refractivity contribution in [2.45, 2.75) is 90.9 Å². The standard InChI is InChI=1S/C22H34/c1-21(2,3)19-11-12-20(22(4,5)6)18-14-16-10-8-7-9-15(16)13-17(18)19/h11-12,15-16H,7-10,13-14H2,1-6H3. The number of hydrogen-bond acceptors (Lipinski definition) is 0. The molecule has 0 spiro atoms. The molecule has 0 N–H and O–H groups in total. The van der Waals surface area contributed by atoms with Gasteiger partial charge in [0.05, 0.1) is 0 Å². The van der Waals surface area contributed by atoms with Crippen LogP contribution >= 0.6 is 0 Å². The Bertz CT molecular complexity index is 500. The predicted molar refractivity (Wildman–Crippen MR) is 96.7 cm³/mol. The highest BCUT2D eigenvalue weighted by Gasteiger charge is 2.35. The number of hydrogen-bond donors (Lipinski definition) is 0. The average molecular weight is 299 g/mol. The summed E-state index contributed by atoms with van der Waals surface area (Å²) in [7, 11) is 0. The Morgan fingerprint density at radius 3 is 1.36 bits per heavy atom. The second kappa shape index (κ2) is 5.39. The van der Waals surface area contributed by atoms with E-state index in [1.807, 2.05) is 0 Å². The third kappa shape index (κ3) is 2.86. The lowest BCUT2D eigenvalue weighted by Gasteiger charge is -2.41. The van der Waals surface area contributed by atoms with Crippen molar-refractivity contribution in [2.24, 2.45) is 11.8 Å². The van der Waals surface area contributed by atoms with E-state index in [0.29, 0.717) is 0 Å². The van der Waals surface area contributed by atoms with Gasteiger partial charge >= 0.3 is 0 Å². The molecule has 0 aliphatic heterocycles. The molecule has 122 valence electrons. The molecule has 0 aromatic heterocycles. The van der Waals surface area contributed by atoms with Crippen LogP contribution in [0.15, 0.2) is 12.1 Å². The molecule has 3 rings (SSSR count). The Morgan fingerprint density at radius 2 is 1.05 bits per heavy atom. The zero-order valence-corrected chi connectivity index (χ0v) is 15.6. The highest BCUT2D eigenvalue weighted by molar-refractivity contribution is 5.48. The van der Waals surface area contributed by atoms with E-state index in [1.165, 1.54) is 38.5 Å². The quantitative estimate of drug-likeness (QED) is 0.536. The minimum atomic E-state index is 0.266. The van der Waals surface area contributed by atoms with Gasteiger partial charge in [0.2, 0.25) is 0 Å². The molecule has 2 aliphatic rings. The van der Waals surface area contributed by atoms with Crippen molar-refractivity contribution in [2.75, 3.05) is 0 Å². The molecular formula is C22H34. The molecule has 0 saturated heterocycles. The molecule has 2 aliphatic carbocycles. The van der Waals surface area contributed by atoms with Crippen LogP contribution in [-0.4, -0.2) is 0 Å². The zero-order chi connectivity index (χ0) is 16.1. The second-order valence-electron chi connectivity index (χ2n) is 9.83. The predicted octanol–water partition coefficient (Wildman–Crippen LogP) is 6.19. The maximum absolute atomic E-state index is 2.45. The van der Waals surface area contributed by atoms with Crippen LogP contribution in [0.4, 0.5) is 0 Å². The topological polar surface area (TPSA) is 0 Å². The normalized spacial score (nSPS) is 25.5. The monoisotopic (exact) mass is 298 g/mol. The van der Waals surface area contributed by atoms with Crippen LogP contribution in [0.5, 0.6) is 0 Å².